The van der Waals surface area contributed by atoms with E-state index in [1.165, 1.54) is 0 Å². The minimum atomic E-state index is -2.14. The minimum absolute atomic E-state index is 0.180. The van der Waals surface area contributed by atoms with Crippen molar-refractivity contribution in [3.63, 3.8) is 0 Å². The lowest BCUT2D eigenvalue weighted by atomic mass is 10.5. The number of rotatable bonds is 7. The van der Waals surface area contributed by atoms with E-state index in [1.54, 1.807) is 7.11 Å². The number of hydrogen-bond acceptors (Lipinski definition) is 4. The first-order valence-electron chi connectivity index (χ1n) is 4.76. The number of amides is 1. The molecule has 1 atom stereocenters. The highest BCUT2D eigenvalue weighted by Gasteiger charge is 2.30. The fraction of sp³-hybridized carbons (Fsp3) is 0.875. The third kappa shape index (κ3) is 5.33. The Morgan fingerprint density at radius 2 is 2.21 bits per heavy atom. The Hall–Kier alpha value is -0.433. The highest BCUT2D eigenvalue weighted by atomic mass is 28.4. The number of nitrogens with two attached hydrogens (primary N) is 1. The van der Waals surface area contributed by atoms with Crippen molar-refractivity contribution in [2.24, 2.45) is 5.84 Å². The lowest BCUT2D eigenvalue weighted by molar-refractivity contribution is -0.120. The van der Waals surface area contributed by atoms with Gasteiger partial charge in [0, 0.05) is 20.1 Å². The zero-order valence-corrected chi connectivity index (χ0v) is 10.1. The molecule has 6 heteroatoms. The van der Waals surface area contributed by atoms with Gasteiger partial charge >= 0.3 is 8.56 Å². The molecular weight excluding hydrogens is 200 g/mol. The molecule has 0 fully saturated rings. The number of hydrogen-bond donors (Lipinski definition) is 2. The maximum absolute atomic E-state index is 10.9. The maximum atomic E-state index is 10.9. The summed E-state index contributed by atoms with van der Waals surface area (Å²) in [6.45, 7) is 4.67. The fourth-order valence-electron chi connectivity index (χ4n) is 0.964. The summed E-state index contributed by atoms with van der Waals surface area (Å²) in [5.41, 5.74) is 2.09. The van der Waals surface area contributed by atoms with Crippen LogP contribution in [-0.2, 0) is 13.6 Å². The molecule has 0 heterocycles. The topological polar surface area (TPSA) is 73.6 Å². The molecule has 0 bridgehead atoms. The van der Waals surface area contributed by atoms with Crippen LogP contribution in [0.2, 0.25) is 12.6 Å². The molecule has 1 unspecified atom stereocenters. The SMILES string of the molecule is CCCO[Si](C)(CCC(=O)NN)OC. The average Bonchev–Trinajstić information content (AvgIpc) is 2.23. The van der Waals surface area contributed by atoms with E-state index in [2.05, 4.69) is 5.43 Å². The zero-order chi connectivity index (χ0) is 11.0. The molecule has 0 aromatic heterocycles. The van der Waals surface area contributed by atoms with Crippen molar-refractivity contribution in [1.82, 2.24) is 5.43 Å². The highest BCUT2D eigenvalue weighted by Crippen LogP contribution is 2.14. The molecule has 0 aromatic carbocycles. The van der Waals surface area contributed by atoms with E-state index in [0.29, 0.717) is 19.1 Å². The van der Waals surface area contributed by atoms with Crippen LogP contribution in [0.25, 0.3) is 0 Å². The standard InChI is InChI=1S/C8H20N2O3Si/c1-4-6-13-14(3,12-2)7-5-8(11)10-9/h4-7,9H2,1-3H3,(H,10,11). The monoisotopic (exact) mass is 220 g/mol. The first kappa shape index (κ1) is 13.6. The van der Waals surface area contributed by atoms with E-state index in [1.807, 2.05) is 13.5 Å². The van der Waals surface area contributed by atoms with Gasteiger partial charge in [0.15, 0.2) is 0 Å². The predicted molar refractivity (Wildman–Crippen MR) is 56.6 cm³/mol. The molecule has 1 amide bonds. The van der Waals surface area contributed by atoms with Gasteiger partial charge in [0.25, 0.3) is 0 Å². The van der Waals surface area contributed by atoms with Crippen LogP contribution in [0.15, 0.2) is 0 Å². The normalized spacial score (nSPS) is 14.9. The molecule has 0 rings (SSSR count). The van der Waals surface area contributed by atoms with E-state index < -0.39 is 8.56 Å². The Morgan fingerprint density at radius 3 is 2.64 bits per heavy atom. The third-order valence-electron chi connectivity index (χ3n) is 2.01. The summed E-state index contributed by atoms with van der Waals surface area (Å²) < 4.78 is 10.9. The van der Waals surface area contributed by atoms with Crippen LogP contribution >= 0.6 is 0 Å². The summed E-state index contributed by atoms with van der Waals surface area (Å²) >= 11 is 0. The fourth-order valence-corrected chi connectivity index (χ4v) is 2.75. The molecule has 14 heavy (non-hydrogen) atoms. The quantitative estimate of drug-likeness (QED) is 0.284. The Bertz CT molecular complexity index is 180. The van der Waals surface area contributed by atoms with Gasteiger partial charge in [-0.1, -0.05) is 6.92 Å². The van der Waals surface area contributed by atoms with E-state index in [9.17, 15) is 4.79 Å². The van der Waals surface area contributed by atoms with Gasteiger partial charge in [-0.3, -0.25) is 10.2 Å². The van der Waals surface area contributed by atoms with Crippen LogP contribution in [0.1, 0.15) is 19.8 Å². The second-order valence-electron chi connectivity index (χ2n) is 3.25. The van der Waals surface area contributed by atoms with Gasteiger partial charge < -0.3 is 8.85 Å². The summed E-state index contributed by atoms with van der Waals surface area (Å²) in [7, 11) is -0.513. The van der Waals surface area contributed by atoms with Crippen LogP contribution in [0.4, 0.5) is 0 Å². The van der Waals surface area contributed by atoms with Gasteiger partial charge in [0.05, 0.1) is 0 Å². The van der Waals surface area contributed by atoms with Crippen molar-refractivity contribution in [2.75, 3.05) is 13.7 Å². The number of nitrogens with one attached hydrogen (secondary N) is 1. The van der Waals surface area contributed by atoms with E-state index >= 15 is 0 Å². The van der Waals surface area contributed by atoms with Crippen molar-refractivity contribution in [3.05, 3.63) is 0 Å². The molecular formula is C8H20N2O3Si. The van der Waals surface area contributed by atoms with Crippen molar-refractivity contribution in [1.29, 1.82) is 0 Å². The zero-order valence-electron chi connectivity index (χ0n) is 9.13. The van der Waals surface area contributed by atoms with Gasteiger partial charge in [0.1, 0.15) is 0 Å². The molecule has 0 saturated heterocycles. The highest BCUT2D eigenvalue weighted by molar-refractivity contribution is 6.66. The Kier molecular flexibility index (Phi) is 6.72. The molecule has 0 spiro atoms. The van der Waals surface area contributed by atoms with E-state index in [0.717, 1.165) is 6.42 Å². The van der Waals surface area contributed by atoms with Crippen LogP contribution in [0.5, 0.6) is 0 Å². The molecule has 5 nitrogen and oxygen atoms in total. The van der Waals surface area contributed by atoms with Crippen molar-refractivity contribution >= 4 is 14.5 Å². The second kappa shape index (κ2) is 6.94. The first-order chi connectivity index (χ1) is 6.58. The van der Waals surface area contributed by atoms with Crippen LogP contribution in [0.3, 0.4) is 0 Å². The summed E-state index contributed by atoms with van der Waals surface area (Å²) in [4.78, 5) is 10.9. The van der Waals surface area contributed by atoms with E-state index in [-0.39, 0.29) is 5.91 Å². The molecule has 0 aliphatic heterocycles. The lowest BCUT2D eigenvalue weighted by Gasteiger charge is -2.24. The van der Waals surface area contributed by atoms with Gasteiger partial charge in [-0.05, 0) is 19.0 Å². The van der Waals surface area contributed by atoms with Gasteiger partial charge in [-0.25, -0.2) is 5.84 Å². The molecule has 0 aliphatic carbocycles. The largest absolute Gasteiger partial charge is 0.398 e. The third-order valence-corrected chi connectivity index (χ3v) is 4.85. The Balaban J connectivity index is 3.91. The second-order valence-corrected chi connectivity index (χ2v) is 6.72. The van der Waals surface area contributed by atoms with E-state index in [4.69, 9.17) is 14.7 Å². The summed E-state index contributed by atoms with van der Waals surface area (Å²) in [6.07, 6.45) is 1.31. The summed E-state index contributed by atoms with van der Waals surface area (Å²) in [6, 6.07) is 0.631. The first-order valence-corrected chi connectivity index (χ1v) is 7.29. The maximum Gasteiger partial charge on any atom is 0.335 e. The van der Waals surface area contributed by atoms with Gasteiger partial charge in [-0.15, -0.1) is 0 Å². The number of carbonyl (C=O) groups excluding carboxylic acids is 1. The molecule has 3 N–H and O–H groups in total. The predicted octanol–water partition coefficient (Wildman–Crippen LogP) is 0.511. The number of carbonyl (C=O) groups is 1. The molecule has 0 saturated carbocycles. The Morgan fingerprint density at radius 1 is 1.57 bits per heavy atom. The minimum Gasteiger partial charge on any atom is -0.398 e. The van der Waals surface area contributed by atoms with Gasteiger partial charge in [0.2, 0.25) is 5.91 Å². The molecule has 0 radical (unpaired) electrons. The van der Waals surface area contributed by atoms with Crippen molar-refractivity contribution < 1.29 is 13.6 Å². The smallest absolute Gasteiger partial charge is 0.335 e. The van der Waals surface area contributed by atoms with Crippen molar-refractivity contribution in [2.45, 2.75) is 32.4 Å². The Labute approximate surface area is 86.2 Å². The van der Waals surface area contributed by atoms with Crippen LogP contribution in [0, 0.1) is 0 Å². The summed E-state index contributed by atoms with van der Waals surface area (Å²) in [5, 5.41) is 0. The average molecular weight is 220 g/mol. The van der Waals surface area contributed by atoms with Gasteiger partial charge in [-0.2, -0.15) is 0 Å². The van der Waals surface area contributed by atoms with Crippen molar-refractivity contribution in [3.8, 4) is 0 Å². The summed E-state index contributed by atoms with van der Waals surface area (Å²) in [5.74, 6) is 4.80. The lowest BCUT2D eigenvalue weighted by Crippen LogP contribution is -2.40. The number of hydrazine groups is 1. The molecule has 0 aliphatic rings. The molecule has 84 valence electrons. The van der Waals surface area contributed by atoms with Crippen LogP contribution in [-0.4, -0.2) is 28.2 Å². The van der Waals surface area contributed by atoms with Crippen LogP contribution < -0.4 is 11.3 Å². The molecule has 0 aromatic rings.